The normalized spacial score (nSPS) is 15.9. The zero-order valence-corrected chi connectivity index (χ0v) is 13.9. The number of hydrogen-bond donors (Lipinski definition) is 0. The van der Waals surface area contributed by atoms with Gasteiger partial charge >= 0.3 is 0 Å². The number of hydrogen-bond acceptors (Lipinski definition) is 5. The van der Waals surface area contributed by atoms with Crippen molar-refractivity contribution in [3.63, 3.8) is 0 Å². The van der Waals surface area contributed by atoms with E-state index in [4.69, 9.17) is 4.42 Å². The Bertz CT molecular complexity index is 691. The molecule has 2 heterocycles. The highest BCUT2D eigenvalue weighted by atomic mass is 19.1. The minimum Gasteiger partial charge on any atom is -0.424 e. The van der Waals surface area contributed by atoms with Gasteiger partial charge < -0.3 is 9.32 Å². The van der Waals surface area contributed by atoms with Crippen LogP contribution in [0, 0.1) is 5.82 Å². The van der Waals surface area contributed by atoms with Crippen LogP contribution in [0.5, 0.6) is 0 Å². The van der Waals surface area contributed by atoms with Gasteiger partial charge in [0.25, 0.3) is 5.91 Å². The van der Waals surface area contributed by atoms with Gasteiger partial charge in [0, 0.05) is 37.7 Å². The molecule has 0 saturated carbocycles. The monoisotopic (exact) mass is 332 g/mol. The SMILES string of the molecule is CC(C)c1nnc(CN2CCN(C(=O)c3ccc(F)cc3)CC2)o1. The molecule has 1 aliphatic heterocycles. The molecule has 0 unspecified atom stereocenters. The summed E-state index contributed by atoms with van der Waals surface area (Å²) in [6.45, 7) is 7.36. The number of aromatic nitrogens is 2. The van der Waals surface area contributed by atoms with Crippen LogP contribution in [-0.2, 0) is 6.54 Å². The van der Waals surface area contributed by atoms with Crippen molar-refractivity contribution < 1.29 is 13.6 Å². The summed E-state index contributed by atoms with van der Waals surface area (Å²) in [5.74, 6) is 1.08. The van der Waals surface area contributed by atoms with Gasteiger partial charge in [0.05, 0.1) is 6.54 Å². The first kappa shape index (κ1) is 16.6. The fourth-order valence-electron chi connectivity index (χ4n) is 2.64. The van der Waals surface area contributed by atoms with Crippen LogP contribution in [0.1, 0.15) is 41.9 Å². The van der Waals surface area contributed by atoms with E-state index >= 15 is 0 Å². The van der Waals surface area contributed by atoms with Gasteiger partial charge in [0.2, 0.25) is 11.8 Å². The minimum absolute atomic E-state index is 0.0606. The highest BCUT2D eigenvalue weighted by Gasteiger charge is 2.23. The number of halogens is 1. The highest BCUT2D eigenvalue weighted by Crippen LogP contribution is 2.15. The summed E-state index contributed by atoms with van der Waals surface area (Å²) in [5.41, 5.74) is 0.517. The third-order valence-corrected chi connectivity index (χ3v) is 4.09. The average molecular weight is 332 g/mol. The van der Waals surface area contributed by atoms with E-state index in [0.717, 1.165) is 13.1 Å². The second-order valence-corrected chi connectivity index (χ2v) is 6.26. The van der Waals surface area contributed by atoms with Crippen molar-refractivity contribution in [1.82, 2.24) is 20.0 Å². The summed E-state index contributed by atoms with van der Waals surface area (Å²) >= 11 is 0. The summed E-state index contributed by atoms with van der Waals surface area (Å²) in [7, 11) is 0. The predicted molar refractivity (Wildman–Crippen MR) is 86.0 cm³/mol. The first-order valence-corrected chi connectivity index (χ1v) is 8.12. The van der Waals surface area contributed by atoms with Gasteiger partial charge in [-0.25, -0.2) is 4.39 Å². The maximum absolute atomic E-state index is 13.0. The molecule has 1 saturated heterocycles. The highest BCUT2D eigenvalue weighted by molar-refractivity contribution is 5.94. The van der Waals surface area contributed by atoms with Gasteiger partial charge in [-0.1, -0.05) is 13.8 Å². The molecule has 0 spiro atoms. The van der Waals surface area contributed by atoms with Gasteiger partial charge in [-0.3, -0.25) is 9.69 Å². The van der Waals surface area contributed by atoms with Gasteiger partial charge in [-0.05, 0) is 24.3 Å². The average Bonchev–Trinajstić information content (AvgIpc) is 3.04. The summed E-state index contributed by atoms with van der Waals surface area (Å²) in [6, 6.07) is 5.67. The number of amides is 1. The molecular weight excluding hydrogens is 311 g/mol. The first-order chi connectivity index (χ1) is 11.5. The molecule has 1 aromatic heterocycles. The van der Waals surface area contributed by atoms with Crippen LogP contribution in [0.15, 0.2) is 28.7 Å². The minimum atomic E-state index is -0.336. The quantitative estimate of drug-likeness (QED) is 0.860. The van der Waals surface area contributed by atoms with Crippen LogP contribution in [-0.4, -0.2) is 52.1 Å². The van der Waals surface area contributed by atoms with Crippen LogP contribution in [0.2, 0.25) is 0 Å². The van der Waals surface area contributed by atoms with Gasteiger partial charge in [-0.2, -0.15) is 0 Å². The number of rotatable bonds is 4. The number of benzene rings is 1. The lowest BCUT2D eigenvalue weighted by molar-refractivity contribution is 0.0617. The molecule has 0 aliphatic carbocycles. The zero-order chi connectivity index (χ0) is 17.1. The molecule has 7 heteroatoms. The van der Waals surface area contributed by atoms with E-state index in [-0.39, 0.29) is 17.6 Å². The Kier molecular flexibility index (Phi) is 4.89. The fourth-order valence-corrected chi connectivity index (χ4v) is 2.64. The fraction of sp³-hybridized carbons (Fsp3) is 0.471. The Morgan fingerprint density at radius 3 is 2.42 bits per heavy atom. The lowest BCUT2D eigenvalue weighted by atomic mass is 10.2. The maximum Gasteiger partial charge on any atom is 0.253 e. The van der Waals surface area contributed by atoms with Crippen molar-refractivity contribution in [3.05, 3.63) is 47.4 Å². The lowest BCUT2D eigenvalue weighted by Crippen LogP contribution is -2.48. The zero-order valence-electron chi connectivity index (χ0n) is 13.9. The van der Waals surface area contributed by atoms with E-state index in [0.29, 0.717) is 37.0 Å². The van der Waals surface area contributed by atoms with Crippen molar-refractivity contribution in [3.8, 4) is 0 Å². The first-order valence-electron chi connectivity index (χ1n) is 8.12. The van der Waals surface area contributed by atoms with Crippen LogP contribution in [0.3, 0.4) is 0 Å². The van der Waals surface area contributed by atoms with E-state index in [1.165, 1.54) is 24.3 Å². The molecule has 2 aromatic rings. The van der Waals surface area contributed by atoms with Crippen LogP contribution in [0.25, 0.3) is 0 Å². The number of nitrogens with zero attached hydrogens (tertiary/aromatic N) is 4. The maximum atomic E-state index is 13.0. The Morgan fingerprint density at radius 2 is 1.83 bits per heavy atom. The molecule has 1 amide bonds. The van der Waals surface area contributed by atoms with Crippen LogP contribution in [0.4, 0.5) is 4.39 Å². The molecule has 128 valence electrons. The lowest BCUT2D eigenvalue weighted by Gasteiger charge is -2.34. The van der Waals surface area contributed by atoms with Gasteiger partial charge in [0.1, 0.15) is 5.82 Å². The molecule has 0 N–H and O–H groups in total. The molecule has 1 aromatic carbocycles. The van der Waals surface area contributed by atoms with Crippen LogP contribution >= 0.6 is 0 Å². The van der Waals surface area contributed by atoms with E-state index in [9.17, 15) is 9.18 Å². The Morgan fingerprint density at radius 1 is 1.17 bits per heavy atom. The number of carbonyl (C=O) groups is 1. The van der Waals surface area contributed by atoms with Crippen molar-refractivity contribution >= 4 is 5.91 Å². The van der Waals surface area contributed by atoms with E-state index < -0.39 is 0 Å². The molecule has 1 aliphatic rings. The van der Waals surface area contributed by atoms with E-state index in [1.54, 1.807) is 4.90 Å². The molecule has 0 atom stereocenters. The summed E-state index contributed by atoms with van der Waals surface area (Å²) in [6.07, 6.45) is 0. The molecule has 6 nitrogen and oxygen atoms in total. The summed E-state index contributed by atoms with van der Waals surface area (Å²) in [5, 5.41) is 8.10. The Balaban J connectivity index is 1.53. The van der Waals surface area contributed by atoms with Crippen molar-refractivity contribution in [2.75, 3.05) is 26.2 Å². The molecule has 24 heavy (non-hydrogen) atoms. The van der Waals surface area contributed by atoms with Crippen molar-refractivity contribution in [2.45, 2.75) is 26.3 Å². The van der Waals surface area contributed by atoms with Gasteiger partial charge in [0.15, 0.2) is 0 Å². The third-order valence-electron chi connectivity index (χ3n) is 4.09. The molecule has 3 rings (SSSR count). The third kappa shape index (κ3) is 3.79. The van der Waals surface area contributed by atoms with E-state index in [2.05, 4.69) is 15.1 Å². The second kappa shape index (κ2) is 7.09. The standard InChI is InChI=1S/C17H21FN4O2/c1-12(2)16-20-19-15(24-16)11-21-7-9-22(10-8-21)17(23)13-3-5-14(18)6-4-13/h3-6,12H,7-11H2,1-2H3. The molecule has 1 fully saturated rings. The Labute approximate surface area is 140 Å². The number of piperazine rings is 1. The van der Waals surface area contributed by atoms with Crippen molar-refractivity contribution in [1.29, 1.82) is 0 Å². The van der Waals surface area contributed by atoms with Gasteiger partial charge in [-0.15, -0.1) is 10.2 Å². The van der Waals surface area contributed by atoms with Crippen LogP contribution < -0.4 is 0 Å². The predicted octanol–water partition coefficient (Wildman–Crippen LogP) is 2.29. The topological polar surface area (TPSA) is 62.5 Å². The smallest absolute Gasteiger partial charge is 0.253 e. The largest absolute Gasteiger partial charge is 0.424 e. The molecule has 0 radical (unpaired) electrons. The summed E-state index contributed by atoms with van der Waals surface area (Å²) < 4.78 is 18.6. The second-order valence-electron chi connectivity index (χ2n) is 6.26. The van der Waals surface area contributed by atoms with Crippen molar-refractivity contribution in [2.24, 2.45) is 0 Å². The van der Waals surface area contributed by atoms with E-state index in [1.807, 2.05) is 13.8 Å². The molecular formula is C17H21FN4O2. The Hall–Kier alpha value is -2.28. The summed E-state index contributed by atoms with van der Waals surface area (Å²) in [4.78, 5) is 16.4. The molecule has 0 bridgehead atoms. The number of carbonyl (C=O) groups excluding carboxylic acids is 1.